The minimum absolute atomic E-state index is 0.185. The van der Waals surface area contributed by atoms with Gasteiger partial charge in [-0.3, -0.25) is 9.47 Å². The number of anilines is 2. The zero-order chi connectivity index (χ0) is 30.8. The molecule has 1 saturated heterocycles. The van der Waals surface area contributed by atoms with Crippen LogP contribution >= 0.6 is 0 Å². The van der Waals surface area contributed by atoms with Crippen LogP contribution in [0.4, 0.5) is 11.5 Å². The maximum atomic E-state index is 11.6. The van der Waals surface area contributed by atoms with E-state index in [1.165, 1.54) is 0 Å². The molecule has 14 nitrogen and oxygen atoms in total. The molecule has 1 fully saturated rings. The van der Waals surface area contributed by atoms with E-state index in [-0.39, 0.29) is 17.2 Å². The number of nitriles is 1. The van der Waals surface area contributed by atoms with Gasteiger partial charge in [0, 0.05) is 42.6 Å². The quantitative estimate of drug-likeness (QED) is 0.248. The summed E-state index contributed by atoms with van der Waals surface area (Å²) in [5, 5.41) is 35.6. The second-order valence-electron chi connectivity index (χ2n) is 10.5. The molecule has 0 spiro atoms. The molecule has 6 rings (SSSR count). The smallest absolute Gasteiger partial charge is 0.233 e. The summed E-state index contributed by atoms with van der Waals surface area (Å²) in [5.41, 5.74) is 3.87. The Bertz CT molecular complexity index is 1950. The van der Waals surface area contributed by atoms with Crippen LogP contribution in [0.2, 0.25) is 0 Å². The highest BCUT2D eigenvalue weighted by atomic mass is 32.2. The molecule has 226 valence electrons. The number of benzene rings is 1. The zero-order valence-electron chi connectivity index (χ0n) is 24.1. The predicted octanol–water partition coefficient (Wildman–Crippen LogP) is 2.48. The summed E-state index contributed by atoms with van der Waals surface area (Å²) in [6.07, 6.45) is 0.883. The van der Waals surface area contributed by atoms with Crippen molar-refractivity contribution < 1.29 is 18.3 Å². The second-order valence-corrected chi connectivity index (χ2v) is 12.8. The molecule has 0 amide bonds. The number of aromatic nitrogens is 7. The molecule has 0 radical (unpaired) electrons. The van der Waals surface area contributed by atoms with Gasteiger partial charge in [-0.1, -0.05) is 0 Å². The molecule has 44 heavy (non-hydrogen) atoms. The van der Waals surface area contributed by atoms with E-state index in [0.29, 0.717) is 55.1 Å². The van der Waals surface area contributed by atoms with Crippen molar-refractivity contribution in [3.8, 4) is 23.6 Å². The molecule has 5 aromatic rings. The van der Waals surface area contributed by atoms with Crippen molar-refractivity contribution in [3.05, 3.63) is 71.8 Å². The molecule has 2 N–H and O–H groups in total. The van der Waals surface area contributed by atoms with E-state index >= 15 is 0 Å². The average molecular weight is 615 g/mol. The van der Waals surface area contributed by atoms with Crippen molar-refractivity contribution >= 4 is 32.4 Å². The highest BCUT2D eigenvalue weighted by Crippen LogP contribution is 2.26. The summed E-state index contributed by atoms with van der Waals surface area (Å²) in [5.74, 6) is 2.30. The fourth-order valence-corrected chi connectivity index (χ4v) is 6.24. The largest absolute Gasteiger partial charge is 0.475 e. The summed E-state index contributed by atoms with van der Waals surface area (Å²) in [4.78, 5) is 11.4. The van der Waals surface area contributed by atoms with Gasteiger partial charge in [-0.2, -0.15) is 10.4 Å². The Kier molecular flexibility index (Phi) is 7.95. The van der Waals surface area contributed by atoms with E-state index in [2.05, 4.69) is 30.5 Å². The number of hydrogen-bond donors (Lipinski definition) is 2. The normalized spacial score (nSPS) is 15.6. The number of nitrogens with one attached hydrogen (secondary N) is 1. The molecule has 1 aliphatic rings. The first-order chi connectivity index (χ1) is 21.2. The Morgan fingerprint density at radius 1 is 1.11 bits per heavy atom. The maximum absolute atomic E-state index is 11.6. The van der Waals surface area contributed by atoms with E-state index in [4.69, 9.17) is 9.72 Å². The fraction of sp³-hybridized carbons (Fsp3) is 0.310. The topological polar surface area (TPSA) is 177 Å². The zero-order valence-corrected chi connectivity index (χ0v) is 24.9. The third-order valence-corrected chi connectivity index (χ3v) is 8.95. The lowest BCUT2D eigenvalue weighted by atomic mass is 10.1. The molecule has 1 aromatic carbocycles. The van der Waals surface area contributed by atoms with E-state index < -0.39 is 15.9 Å². The molecule has 0 aliphatic carbocycles. The summed E-state index contributed by atoms with van der Waals surface area (Å²) < 4.78 is 32.2. The van der Waals surface area contributed by atoms with Gasteiger partial charge < -0.3 is 15.2 Å². The van der Waals surface area contributed by atoms with E-state index in [9.17, 15) is 18.8 Å². The molecular weight excluding hydrogens is 584 g/mol. The first kappa shape index (κ1) is 29.2. The van der Waals surface area contributed by atoms with Crippen molar-refractivity contribution in [2.24, 2.45) is 0 Å². The molecule has 1 aliphatic heterocycles. The Hall–Kier alpha value is -4.91. The number of aliphatic hydroxyl groups excluding tert-OH is 1. The number of fused-ring (bicyclic) bond motifs is 1. The van der Waals surface area contributed by atoms with Gasteiger partial charge >= 0.3 is 0 Å². The van der Waals surface area contributed by atoms with Crippen LogP contribution in [0.15, 0.2) is 54.9 Å². The molecule has 1 atom stereocenters. The molecule has 15 heteroatoms. The van der Waals surface area contributed by atoms with Crippen LogP contribution in [-0.2, 0) is 9.84 Å². The summed E-state index contributed by atoms with van der Waals surface area (Å²) in [6, 6.07) is 16.5. The number of rotatable bonds is 9. The minimum Gasteiger partial charge on any atom is -0.475 e. The van der Waals surface area contributed by atoms with Crippen LogP contribution in [0.25, 0.3) is 22.7 Å². The lowest BCUT2D eigenvalue weighted by Crippen LogP contribution is -2.42. The van der Waals surface area contributed by atoms with E-state index in [1.54, 1.807) is 48.3 Å². The van der Waals surface area contributed by atoms with Crippen LogP contribution in [0, 0.1) is 18.3 Å². The summed E-state index contributed by atoms with van der Waals surface area (Å²) >= 11 is 0. The van der Waals surface area contributed by atoms with Crippen molar-refractivity contribution in [1.29, 1.82) is 5.26 Å². The van der Waals surface area contributed by atoms with Crippen LogP contribution < -0.4 is 10.1 Å². The Morgan fingerprint density at radius 2 is 1.93 bits per heavy atom. The first-order valence-corrected chi connectivity index (χ1v) is 15.8. The Labute approximate surface area is 253 Å². The Morgan fingerprint density at radius 3 is 2.64 bits per heavy atom. The molecule has 1 unspecified atom stereocenters. The number of nitrogens with zero attached hydrogens (tertiary/aromatic N) is 9. The third kappa shape index (κ3) is 6.23. The second kappa shape index (κ2) is 12.0. The number of pyridine rings is 1. The summed E-state index contributed by atoms with van der Waals surface area (Å²) in [7, 11) is -2.90. The maximum Gasteiger partial charge on any atom is 0.233 e. The van der Waals surface area contributed by atoms with Crippen LogP contribution in [-0.4, -0.2) is 90.7 Å². The Balaban J connectivity index is 1.14. The van der Waals surface area contributed by atoms with E-state index in [1.807, 2.05) is 35.8 Å². The standard InChI is InChI=1S/C29H30N10O4S/c1-19-15-22(17-30)36-39(19)29-23(20(2)40)4-7-27(33-29)38-18-31-24-16-21(3-5-25(24)38)32-26-6-8-28(35-34-26)43-12-9-37-10-13-44(41,42)14-11-37/h3-8,15-16,18,20,40H,9-14H2,1-2H3,(H,32,34). The highest BCUT2D eigenvalue weighted by Gasteiger charge is 2.21. The van der Waals surface area contributed by atoms with Gasteiger partial charge in [-0.05, 0) is 56.3 Å². The number of ether oxygens (including phenoxy) is 1. The highest BCUT2D eigenvalue weighted by molar-refractivity contribution is 7.91. The van der Waals surface area contributed by atoms with Gasteiger partial charge in [-0.15, -0.1) is 10.2 Å². The third-order valence-electron chi connectivity index (χ3n) is 7.34. The monoisotopic (exact) mass is 614 g/mol. The average Bonchev–Trinajstić information content (AvgIpc) is 3.61. The summed E-state index contributed by atoms with van der Waals surface area (Å²) in [6.45, 7) is 5.53. The van der Waals surface area contributed by atoms with Crippen molar-refractivity contribution in [2.45, 2.75) is 20.0 Å². The van der Waals surface area contributed by atoms with Gasteiger partial charge in [0.25, 0.3) is 0 Å². The van der Waals surface area contributed by atoms with Gasteiger partial charge in [0.05, 0.1) is 28.6 Å². The molecule has 0 bridgehead atoms. The lowest BCUT2D eigenvalue weighted by molar-refractivity contribution is 0.198. The number of aliphatic hydroxyl groups is 1. The van der Waals surface area contributed by atoms with Gasteiger partial charge in [0.2, 0.25) is 5.88 Å². The number of hydrogen-bond acceptors (Lipinski definition) is 12. The molecule has 0 saturated carbocycles. The van der Waals surface area contributed by atoms with Gasteiger partial charge in [-0.25, -0.2) is 23.1 Å². The fourth-order valence-electron chi connectivity index (χ4n) is 4.96. The molecule has 4 aromatic heterocycles. The van der Waals surface area contributed by atoms with Crippen LogP contribution in [0.3, 0.4) is 0 Å². The lowest BCUT2D eigenvalue weighted by Gasteiger charge is -2.26. The SMILES string of the molecule is Cc1cc(C#N)nn1-c1nc(-n2cnc3cc(Nc4ccc(OCCN5CCS(=O)(=O)CC5)nn4)ccc32)ccc1C(C)O. The number of sulfone groups is 1. The van der Waals surface area contributed by atoms with Crippen molar-refractivity contribution in [2.75, 3.05) is 43.1 Å². The minimum atomic E-state index is -2.90. The van der Waals surface area contributed by atoms with Crippen LogP contribution in [0.5, 0.6) is 5.88 Å². The van der Waals surface area contributed by atoms with Crippen molar-refractivity contribution in [1.82, 2.24) is 39.4 Å². The van der Waals surface area contributed by atoms with Gasteiger partial charge in [0.15, 0.2) is 27.2 Å². The predicted molar refractivity (Wildman–Crippen MR) is 162 cm³/mol. The number of imidazole rings is 1. The molecular formula is C29H30N10O4S. The first-order valence-electron chi connectivity index (χ1n) is 14.0. The van der Waals surface area contributed by atoms with E-state index in [0.717, 1.165) is 22.4 Å². The van der Waals surface area contributed by atoms with Crippen LogP contribution in [0.1, 0.15) is 30.0 Å². The number of aryl methyl sites for hydroxylation is 1. The van der Waals surface area contributed by atoms with Gasteiger partial charge in [0.1, 0.15) is 24.8 Å². The van der Waals surface area contributed by atoms with Crippen molar-refractivity contribution in [3.63, 3.8) is 0 Å². The molecule has 5 heterocycles.